The van der Waals surface area contributed by atoms with E-state index in [-0.39, 0.29) is 5.91 Å². The van der Waals surface area contributed by atoms with Crippen molar-refractivity contribution in [1.82, 2.24) is 4.90 Å². The van der Waals surface area contributed by atoms with E-state index in [4.69, 9.17) is 11.6 Å². The molecule has 1 atom stereocenters. The molecule has 1 unspecified atom stereocenters. The van der Waals surface area contributed by atoms with Crippen molar-refractivity contribution in [2.45, 2.75) is 32.1 Å². The second-order valence-corrected chi connectivity index (χ2v) is 6.33. The molecule has 1 aromatic carbocycles. The van der Waals surface area contributed by atoms with Gasteiger partial charge >= 0.3 is 0 Å². The van der Waals surface area contributed by atoms with Crippen molar-refractivity contribution in [1.29, 1.82) is 0 Å². The number of benzene rings is 1. The lowest BCUT2D eigenvalue weighted by atomic mass is 10.1. The Kier molecular flexibility index (Phi) is 6.00. The quantitative estimate of drug-likeness (QED) is 0.738. The molecule has 114 valence electrons. The smallest absolute Gasteiger partial charge is 0.246 e. The number of thioether (sulfide) groups is 1. The van der Waals surface area contributed by atoms with Crippen LogP contribution >= 0.6 is 23.4 Å². The third-order valence-corrected chi connectivity index (χ3v) is 4.78. The van der Waals surface area contributed by atoms with Gasteiger partial charge in [-0.25, -0.2) is 0 Å². The molecule has 0 spiro atoms. The molecule has 1 aliphatic heterocycles. The number of hydrogen-bond acceptors (Lipinski definition) is 3. The van der Waals surface area contributed by atoms with Crippen molar-refractivity contribution in [3.8, 4) is 0 Å². The van der Waals surface area contributed by atoms with Gasteiger partial charge in [-0.15, -0.1) is 23.4 Å². The zero-order valence-electron chi connectivity index (χ0n) is 12.5. The first-order valence-corrected chi connectivity index (χ1v) is 8.71. The average molecular weight is 325 g/mol. The van der Waals surface area contributed by atoms with E-state index in [9.17, 15) is 4.79 Å². The van der Waals surface area contributed by atoms with Crippen LogP contribution in [0.25, 0.3) is 0 Å². The topological polar surface area (TPSA) is 23.6 Å². The fourth-order valence-corrected chi connectivity index (χ4v) is 3.08. The molecular weight excluding hydrogens is 304 g/mol. The van der Waals surface area contributed by atoms with E-state index in [0.717, 1.165) is 18.0 Å². The van der Waals surface area contributed by atoms with Crippen LogP contribution in [-0.2, 0) is 11.2 Å². The van der Waals surface area contributed by atoms with Gasteiger partial charge in [-0.2, -0.15) is 0 Å². The van der Waals surface area contributed by atoms with Crippen LogP contribution in [0.3, 0.4) is 0 Å². The minimum Gasteiger partial charge on any atom is -0.350 e. The van der Waals surface area contributed by atoms with E-state index in [0.29, 0.717) is 13.1 Å². The van der Waals surface area contributed by atoms with Gasteiger partial charge < -0.3 is 4.90 Å². The van der Waals surface area contributed by atoms with Crippen molar-refractivity contribution in [2.75, 3.05) is 17.4 Å². The zero-order valence-corrected chi connectivity index (χ0v) is 14.0. The first-order chi connectivity index (χ1) is 10.2. The van der Waals surface area contributed by atoms with E-state index in [1.165, 1.54) is 5.56 Å². The highest BCUT2D eigenvalue weighted by Gasteiger charge is 2.25. The standard InChI is InChI=1S/C16H21ClN2OS/c1-3-13-7-5-6-8-15(13)19(16(20)14(17)4-2)11-18-9-10-21-12-18/h5-10,14H,3-4,11-12H2,1-2H3. The van der Waals surface area contributed by atoms with Crippen LogP contribution in [0.4, 0.5) is 5.69 Å². The normalized spacial score (nSPS) is 15.3. The van der Waals surface area contributed by atoms with Gasteiger partial charge in [0.05, 0.1) is 12.5 Å². The summed E-state index contributed by atoms with van der Waals surface area (Å²) in [7, 11) is 0. The maximum Gasteiger partial charge on any atom is 0.246 e. The summed E-state index contributed by atoms with van der Waals surface area (Å²) in [6.45, 7) is 4.58. The molecule has 0 saturated carbocycles. The fraction of sp³-hybridized carbons (Fsp3) is 0.438. The highest BCUT2D eigenvalue weighted by Crippen LogP contribution is 2.25. The van der Waals surface area contributed by atoms with Crippen LogP contribution in [0, 0.1) is 0 Å². The SMILES string of the molecule is CCc1ccccc1N(CN1C=CSC1)C(=O)C(Cl)CC. The van der Waals surface area contributed by atoms with Crippen molar-refractivity contribution < 1.29 is 4.79 Å². The number of hydrogen-bond donors (Lipinski definition) is 0. The third-order valence-electron chi connectivity index (χ3n) is 3.49. The third kappa shape index (κ3) is 3.95. The number of anilines is 1. The molecule has 0 fully saturated rings. The summed E-state index contributed by atoms with van der Waals surface area (Å²) in [5, 5.41) is 1.57. The number of amides is 1. The maximum atomic E-state index is 12.7. The highest BCUT2D eigenvalue weighted by atomic mass is 35.5. The second-order valence-electron chi connectivity index (χ2n) is 4.94. The van der Waals surface area contributed by atoms with Gasteiger partial charge in [-0.05, 0) is 29.9 Å². The molecule has 2 rings (SSSR count). The fourth-order valence-electron chi connectivity index (χ4n) is 2.26. The first-order valence-electron chi connectivity index (χ1n) is 7.23. The summed E-state index contributed by atoms with van der Waals surface area (Å²) in [6.07, 6.45) is 3.55. The minimum atomic E-state index is -0.478. The van der Waals surface area contributed by atoms with Gasteiger partial charge in [0.1, 0.15) is 5.38 Å². The Bertz CT molecular complexity index is 521. The van der Waals surface area contributed by atoms with Crippen LogP contribution in [-0.4, -0.2) is 28.7 Å². The molecule has 5 heteroatoms. The molecule has 0 N–H and O–H groups in total. The number of rotatable bonds is 6. The van der Waals surface area contributed by atoms with Gasteiger partial charge in [0.2, 0.25) is 5.91 Å². The molecule has 1 amide bonds. The Morgan fingerprint density at radius 1 is 1.43 bits per heavy atom. The van der Waals surface area contributed by atoms with Gasteiger partial charge in [0.15, 0.2) is 0 Å². The van der Waals surface area contributed by atoms with Gasteiger partial charge in [0.25, 0.3) is 0 Å². The Morgan fingerprint density at radius 2 is 2.19 bits per heavy atom. The van der Waals surface area contributed by atoms with Crippen molar-refractivity contribution >= 4 is 35.0 Å². The number of aryl methyl sites for hydroxylation is 1. The first kappa shape index (κ1) is 16.2. The van der Waals surface area contributed by atoms with Crippen LogP contribution in [0.1, 0.15) is 25.8 Å². The number of alkyl halides is 1. The zero-order chi connectivity index (χ0) is 15.2. The molecule has 1 aromatic rings. The molecule has 1 aliphatic rings. The number of carbonyl (C=O) groups excluding carboxylic acids is 1. The lowest BCUT2D eigenvalue weighted by molar-refractivity contribution is -0.118. The summed E-state index contributed by atoms with van der Waals surface area (Å²) < 4.78 is 0. The van der Waals surface area contributed by atoms with E-state index < -0.39 is 5.38 Å². The summed E-state index contributed by atoms with van der Waals surface area (Å²) >= 11 is 7.94. The molecule has 0 saturated heterocycles. The number of carbonyl (C=O) groups is 1. The predicted molar refractivity (Wildman–Crippen MR) is 91.5 cm³/mol. The second kappa shape index (κ2) is 7.76. The molecule has 0 aromatic heterocycles. The van der Waals surface area contributed by atoms with E-state index in [2.05, 4.69) is 17.9 Å². The molecule has 21 heavy (non-hydrogen) atoms. The summed E-state index contributed by atoms with van der Waals surface area (Å²) in [5.74, 6) is 0.849. The minimum absolute atomic E-state index is 0.0228. The van der Waals surface area contributed by atoms with Crippen LogP contribution in [0.5, 0.6) is 0 Å². The van der Waals surface area contributed by atoms with Gasteiger partial charge in [-0.3, -0.25) is 9.69 Å². The highest BCUT2D eigenvalue weighted by molar-refractivity contribution is 8.02. The van der Waals surface area contributed by atoms with Crippen LogP contribution < -0.4 is 4.90 Å². The number of para-hydroxylation sites is 1. The summed E-state index contributed by atoms with van der Waals surface area (Å²) in [5.41, 5.74) is 2.14. The van der Waals surface area contributed by atoms with Crippen LogP contribution in [0.15, 0.2) is 35.9 Å². The number of nitrogens with zero attached hydrogens (tertiary/aromatic N) is 2. The monoisotopic (exact) mass is 324 g/mol. The lowest BCUT2D eigenvalue weighted by Gasteiger charge is -2.30. The molecule has 1 heterocycles. The Morgan fingerprint density at radius 3 is 2.81 bits per heavy atom. The van der Waals surface area contributed by atoms with Crippen molar-refractivity contribution in [2.24, 2.45) is 0 Å². The van der Waals surface area contributed by atoms with E-state index in [1.807, 2.05) is 41.6 Å². The van der Waals surface area contributed by atoms with E-state index >= 15 is 0 Å². The maximum absolute atomic E-state index is 12.7. The predicted octanol–water partition coefficient (Wildman–Crippen LogP) is 4.03. The largest absolute Gasteiger partial charge is 0.350 e. The lowest BCUT2D eigenvalue weighted by Crippen LogP contribution is -2.43. The van der Waals surface area contributed by atoms with Crippen molar-refractivity contribution in [3.63, 3.8) is 0 Å². The van der Waals surface area contributed by atoms with Gasteiger partial charge in [0, 0.05) is 11.9 Å². The summed E-state index contributed by atoms with van der Waals surface area (Å²) in [6, 6.07) is 8.05. The van der Waals surface area contributed by atoms with Crippen LogP contribution in [0.2, 0.25) is 0 Å². The molecular formula is C16H21ClN2OS. The Balaban J connectivity index is 2.29. The van der Waals surface area contributed by atoms with Crippen molar-refractivity contribution in [3.05, 3.63) is 41.4 Å². The Hall–Kier alpha value is -1.13. The number of halogens is 1. The average Bonchev–Trinajstić information content (AvgIpc) is 3.04. The molecule has 0 bridgehead atoms. The summed E-state index contributed by atoms with van der Waals surface area (Å²) in [4.78, 5) is 16.6. The van der Waals surface area contributed by atoms with Gasteiger partial charge in [-0.1, -0.05) is 32.0 Å². The molecule has 0 radical (unpaired) electrons. The Labute approximate surface area is 135 Å². The molecule has 3 nitrogen and oxygen atoms in total. The molecule has 0 aliphatic carbocycles. The van der Waals surface area contributed by atoms with E-state index in [1.54, 1.807) is 11.8 Å².